The van der Waals surface area contributed by atoms with E-state index < -0.39 is 0 Å². The Labute approximate surface area is 91.5 Å². The lowest BCUT2D eigenvalue weighted by Crippen LogP contribution is -2.21. The van der Waals surface area contributed by atoms with Gasteiger partial charge in [-0.25, -0.2) is 0 Å². The smallest absolute Gasteiger partial charge is 0.0316 e. The van der Waals surface area contributed by atoms with Crippen molar-refractivity contribution in [2.24, 2.45) is 0 Å². The highest BCUT2D eigenvalue weighted by molar-refractivity contribution is 6.20. The first-order chi connectivity index (χ1) is 6.42. The average molecular weight is 212 g/mol. The molecule has 2 heteroatoms. The summed E-state index contributed by atoms with van der Waals surface area (Å²) in [7, 11) is 0. The molecule has 0 amide bonds. The number of alkyl halides is 1. The van der Waals surface area contributed by atoms with E-state index in [0.717, 1.165) is 6.42 Å². The van der Waals surface area contributed by atoms with Gasteiger partial charge in [-0.15, -0.1) is 11.6 Å². The fourth-order valence-corrected chi connectivity index (χ4v) is 2.13. The SMILES string of the molecule is Cc1cncc(C(C)(C)CC(C)Cl)c1. The predicted octanol–water partition coefficient (Wildman–Crippen LogP) is 3.69. The Morgan fingerprint density at radius 2 is 2.07 bits per heavy atom. The number of hydrogen-bond acceptors (Lipinski definition) is 1. The fraction of sp³-hybridized carbons (Fsp3) is 0.583. The zero-order chi connectivity index (χ0) is 10.8. The van der Waals surface area contributed by atoms with Gasteiger partial charge in [0.25, 0.3) is 0 Å². The van der Waals surface area contributed by atoms with Crippen LogP contribution in [0.15, 0.2) is 18.5 Å². The Kier molecular flexibility index (Phi) is 3.54. The first-order valence-corrected chi connectivity index (χ1v) is 5.41. The van der Waals surface area contributed by atoms with Gasteiger partial charge in [0.15, 0.2) is 0 Å². The first-order valence-electron chi connectivity index (χ1n) is 4.98. The molecule has 0 radical (unpaired) electrons. The number of rotatable bonds is 3. The zero-order valence-electron chi connectivity index (χ0n) is 9.34. The van der Waals surface area contributed by atoms with Crippen molar-refractivity contribution in [3.63, 3.8) is 0 Å². The van der Waals surface area contributed by atoms with Crippen LogP contribution in [0.25, 0.3) is 0 Å². The van der Waals surface area contributed by atoms with Gasteiger partial charge in [0, 0.05) is 17.8 Å². The zero-order valence-corrected chi connectivity index (χ0v) is 10.1. The summed E-state index contributed by atoms with van der Waals surface area (Å²) in [4.78, 5) is 4.21. The molecule has 1 nitrogen and oxygen atoms in total. The highest BCUT2D eigenvalue weighted by Crippen LogP contribution is 2.29. The fourth-order valence-electron chi connectivity index (χ4n) is 1.75. The molecule has 0 saturated heterocycles. The molecule has 0 fully saturated rings. The number of aryl methyl sites for hydroxylation is 1. The highest BCUT2D eigenvalue weighted by atomic mass is 35.5. The third-order valence-electron chi connectivity index (χ3n) is 2.45. The highest BCUT2D eigenvalue weighted by Gasteiger charge is 2.22. The molecule has 1 rings (SSSR count). The summed E-state index contributed by atoms with van der Waals surface area (Å²) in [6.45, 7) is 8.52. The van der Waals surface area contributed by atoms with Crippen molar-refractivity contribution >= 4 is 11.6 Å². The number of hydrogen-bond donors (Lipinski definition) is 0. The van der Waals surface area contributed by atoms with Crippen LogP contribution in [-0.4, -0.2) is 10.4 Å². The average Bonchev–Trinajstić information content (AvgIpc) is 2.01. The van der Waals surface area contributed by atoms with Crippen molar-refractivity contribution in [3.05, 3.63) is 29.6 Å². The lowest BCUT2D eigenvalue weighted by Gasteiger charge is -2.26. The van der Waals surface area contributed by atoms with E-state index in [9.17, 15) is 0 Å². The molecule has 0 aliphatic rings. The van der Waals surface area contributed by atoms with Gasteiger partial charge >= 0.3 is 0 Å². The minimum atomic E-state index is 0.111. The van der Waals surface area contributed by atoms with Crippen LogP contribution in [-0.2, 0) is 5.41 Å². The van der Waals surface area contributed by atoms with E-state index in [1.165, 1.54) is 11.1 Å². The van der Waals surface area contributed by atoms with E-state index in [4.69, 9.17) is 11.6 Å². The topological polar surface area (TPSA) is 12.9 Å². The summed E-state index contributed by atoms with van der Waals surface area (Å²) in [6.07, 6.45) is 4.79. The van der Waals surface area contributed by atoms with Crippen LogP contribution < -0.4 is 0 Å². The molecule has 0 bridgehead atoms. The Hall–Kier alpha value is -0.560. The maximum atomic E-state index is 6.03. The van der Waals surface area contributed by atoms with E-state index in [1.807, 2.05) is 19.3 Å². The number of nitrogens with zero attached hydrogens (tertiary/aromatic N) is 1. The summed E-state index contributed by atoms with van der Waals surface area (Å²) in [5, 5.41) is 0.200. The van der Waals surface area contributed by atoms with Crippen molar-refractivity contribution < 1.29 is 0 Å². The van der Waals surface area contributed by atoms with Crippen molar-refractivity contribution in [3.8, 4) is 0 Å². The maximum Gasteiger partial charge on any atom is 0.0316 e. The van der Waals surface area contributed by atoms with Gasteiger partial charge < -0.3 is 0 Å². The minimum absolute atomic E-state index is 0.111. The van der Waals surface area contributed by atoms with Gasteiger partial charge in [0.1, 0.15) is 0 Å². The van der Waals surface area contributed by atoms with Crippen LogP contribution >= 0.6 is 11.6 Å². The number of pyridine rings is 1. The first kappa shape index (κ1) is 11.5. The van der Waals surface area contributed by atoms with Gasteiger partial charge in [-0.3, -0.25) is 4.98 Å². The van der Waals surface area contributed by atoms with Crippen molar-refractivity contribution in [1.29, 1.82) is 0 Å². The molecular weight excluding hydrogens is 194 g/mol. The number of halogens is 1. The van der Waals surface area contributed by atoms with Crippen LogP contribution in [0.1, 0.15) is 38.3 Å². The Balaban J connectivity index is 2.91. The molecule has 1 heterocycles. The summed E-state index contributed by atoms with van der Waals surface area (Å²) >= 11 is 6.03. The molecule has 1 aromatic rings. The van der Waals surface area contributed by atoms with Gasteiger partial charge in [0.05, 0.1) is 0 Å². The monoisotopic (exact) mass is 211 g/mol. The largest absolute Gasteiger partial charge is 0.264 e. The molecule has 0 spiro atoms. The number of aromatic nitrogens is 1. The van der Waals surface area contributed by atoms with Crippen LogP contribution in [0.3, 0.4) is 0 Å². The molecule has 1 aromatic heterocycles. The molecule has 1 unspecified atom stereocenters. The Morgan fingerprint density at radius 3 is 2.57 bits per heavy atom. The van der Waals surface area contributed by atoms with E-state index in [-0.39, 0.29) is 10.8 Å². The van der Waals surface area contributed by atoms with E-state index in [2.05, 4.69) is 31.8 Å². The summed E-state index contributed by atoms with van der Waals surface area (Å²) in [5.74, 6) is 0. The van der Waals surface area contributed by atoms with Crippen molar-refractivity contribution in [2.75, 3.05) is 0 Å². The second-order valence-electron chi connectivity index (χ2n) is 4.62. The maximum absolute atomic E-state index is 6.03. The third-order valence-corrected chi connectivity index (χ3v) is 2.60. The molecule has 14 heavy (non-hydrogen) atoms. The van der Waals surface area contributed by atoms with Gasteiger partial charge in [0.2, 0.25) is 0 Å². The standard InChI is InChI=1S/C12H18ClN/c1-9-5-11(8-14-7-9)12(3,4)6-10(2)13/h5,7-8,10H,6H2,1-4H3. The summed E-state index contributed by atoms with van der Waals surface area (Å²) in [5.41, 5.74) is 2.59. The van der Waals surface area contributed by atoms with Crippen LogP contribution in [0, 0.1) is 6.92 Å². The lowest BCUT2D eigenvalue weighted by molar-refractivity contribution is 0.475. The van der Waals surface area contributed by atoms with Crippen LogP contribution in [0.2, 0.25) is 0 Å². The molecule has 78 valence electrons. The molecule has 0 aliphatic heterocycles. The predicted molar refractivity (Wildman–Crippen MR) is 61.9 cm³/mol. The van der Waals surface area contributed by atoms with E-state index in [1.54, 1.807) is 0 Å². The van der Waals surface area contributed by atoms with Gasteiger partial charge in [-0.05, 0) is 36.8 Å². The molecular formula is C12H18ClN. The summed E-state index contributed by atoms with van der Waals surface area (Å²) in [6, 6.07) is 2.19. The summed E-state index contributed by atoms with van der Waals surface area (Å²) < 4.78 is 0. The van der Waals surface area contributed by atoms with Gasteiger partial charge in [-0.2, -0.15) is 0 Å². The second kappa shape index (κ2) is 4.31. The third kappa shape index (κ3) is 2.98. The van der Waals surface area contributed by atoms with Crippen LogP contribution in [0.5, 0.6) is 0 Å². The quantitative estimate of drug-likeness (QED) is 0.695. The second-order valence-corrected chi connectivity index (χ2v) is 5.36. The molecule has 0 aromatic carbocycles. The molecule has 1 atom stereocenters. The molecule has 0 N–H and O–H groups in total. The normalized spacial score (nSPS) is 14.1. The van der Waals surface area contributed by atoms with Crippen molar-refractivity contribution in [2.45, 2.75) is 44.9 Å². The van der Waals surface area contributed by atoms with Crippen LogP contribution in [0.4, 0.5) is 0 Å². The molecule has 0 saturated carbocycles. The molecule has 0 aliphatic carbocycles. The lowest BCUT2D eigenvalue weighted by atomic mass is 9.81. The Bertz CT molecular complexity index is 305. The van der Waals surface area contributed by atoms with Crippen molar-refractivity contribution in [1.82, 2.24) is 4.98 Å². The van der Waals surface area contributed by atoms with E-state index >= 15 is 0 Å². The Morgan fingerprint density at radius 1 is 1.43 bits per heavy atom. The minimum Gasteiger partial charge on any atom is -0.264 e. The van der Waals surface area contributed by atoms with E-state index in [0.29, 0.717) is 0 Å². The van der Waals surface area contributed by atoms with Gasteiger partial charge in [-0.1, -0.05) is 19.9 Å².